The van der Waals surface area contributed by atoms with E-state index in [2.05, 4.69) is 19.9 Å². The summed E-state index contributed by atoms with van der Waals surface area (Å²) in [7, 11) is 0. The molecule has 1 saturated heterocycles. The summed E-state index contributed by atoms with van der Waals surface area (Å²) in [4.78, 5) is 25.2. The van der Waals surface area contributed by atoms with Crippen LogP contribution in [0, 0.1) is 19.7 Å². The Labute approximate surface area is 247 Å². The summed E-state index contributed by atoms with van der Waals surface area (Å²) in [6.07, 6.45) is 1.53. The Morgan fingerprint density at radius 2 is 1.74 bits per heavy atom. The molecular weight excluding hydrogens is 537 g/mol. The second-order valence-electron chi connectivity index (χ2n) is 11.8. The second kappa shape index (κ2) is 13.3. The molecular formula is C34H40FNO6. The molecule has 7 nitrogen and oxygen atoms in total. The van der Waals surface area contributed by atoms with Crippen LogP contribution in [0.2, 0.25) is 0 Å². The molecule has 0 spiro atoms. The molecule has 0 aromatic heterocycles. The molecule has 3 aromatic carbocycles. The van der Waals surface area contributed by atoms with E-state index in [0.717, 1.165) is 46.4 Å². The summed E-state index contributed by atoms with van der Waals surface area (Å²) in [6, 6.07) is 16.6. The van der Waals surface area contributed by atoms with Crippen molar-refractivity contribution >= 4 is 12.1 Å². The molecule has 0 bridgehead atoms. The van der Waals surface area contributed by atoms with E-state index in [4.69, 9.17) is 19.3 Å². The average molecular weight is 578 g/mol. The Bertz CT molecular complexity index is 1410. The maximum atomic E-state index is 14.4. The summed E-state index contributed by atoms with van der Waals surface area (Å²) >= 11 is 0. The quantitative estimate of drug-likeness (QED) is 0.269. The Balaban J connectivity index is 1.40. The average Bonchev–Trinajstić information content (AvgIpc) is 3.38. The van der Waals surface area contributed by atoms with Crippen molar-refractivity contribution in [2.75, 3.05) is 13.2 Å². The molecule has 42 heavy (non-hydrogen) atoms. The lowest BCUT2D eigenvalue weighted by Gasteiger charge is -2.28. The highest BCUT2D eigenvalue weighted by atomic mass is 19.1. The number of amides is 1. The van der Waals surface area contributed by atoms with Gasteiger partial charge in [0.05, 0.1) is 6.04 Å². The monoisotopic (exact) mass is 577 g/mol. The van der Waals surface area contributed by atoms with Crippen LogP contribution in [0.1, 0.15) is 62.3 Å². The van der Waals surface area contributed by atoms with Gasteiger partial charge in [0.1, 0.15) is 36.1 Å². The molecule has 1 amide bonds. The van der Waals surface area contributed by atoms with Crippen LogP contribution < -0.4 is 9.47 Å². The third-order valence-corrected chi connectivity index (χ3v) is 7.21. The van der Waals surface area contributed by atoms with Crippen LogP contribution in [0.3, 0.4) is 0 Å². The lowest BCUT2D eigenvalue weighted by atomic mass is 9.94. The van der Waals surface area contributed by atoms with Gasteiger partial charge in [-0.2, -0.15) is 0 Å². The summed E-state index contributed by atoms with van der Waals surface area (Å²) in [5.41, 5.74) is 5.04. The van der Waals surface area contributed by atoms with Crippen LogP contribution in [-0.4, -0.2) is 46.9 Å². The summed E-state index contributed by atoms with van der Waals surface area (Å²) < 4.78 is 32.0. The number of hydrogen-bond acceptors (Lipinski definition) is 5. The number of carbonyl (C=O) groups is 2. The van der Waals surface area contributed by atoms with Crippen LogP contribution in [0.5, 0.6) is 11.5 Å². The number of nitrogens with zero attached hydrogens (tertiary/aromatic N) is 1. The first kappa shape index (κ1) is 30.9. The third kappa shape index (κ3) is 8.24. The lowest BCUT2D eigenvalue weighted by molar-refractivity contribution is -0.136. The molecule has 0 radical (unpaired) electrons. The first-order valence-electron chi connectivity index (χ1n) is 14.4. The summed E-state index contributed by atoms with van der Waals surface area (Å²) in [5.74, 6) is -0.282. The van der Waals surface area contributed by atoms with E-state index in [9.17, 15) is 14.0 Å². The van der Waals surface area contributed by atoms with E-state index in [0.29, 0.717) is 24.5 Å². The first-order chi connectivity index (χ1) is 19.9. The van der Waals surface area contributed by atoms with Gasteiger partial charge in [0, 0.05) is 19.0 Å². The number of aryl methyl sites for hydroxylation is 3. The van der Waals surface area contributed by atoms with E-state index in [1.54, 1.807) is 17.0 Å². The summed E-state index contributed by atoms with van der Waals surface area (Å²) in [5, 5.41) is 8.83. The number of carboxylic acids is 1. The molecule has 3 aromatic rings. The zero-order valence-corrected chi connectivity index (χ0v) is 25.0. The number of likely N-dealkylation sites (tertiary alicyclic amines) is 1. The predicted molar refractivity (Wildman–Crippen MR) is 159 cm³/mol. The topological polar surface area (TPSA) is 85.3 Å². The molecule has 1 atom stereocenters. The van der Waals surface area contributed by atoms with Crippen molar-refractivity contribution in [3.05, 3.63) is 82.7 Å². The van der Waals surface area contributed by atoms with Gasteiger partial charge in [0.2, 0.25) is 0 Å². The van der Waals surface area contributed by atoms with E-state index < -0.39 is 17.4 Å². The Kier molecular flexibility index (Phi) is 9.76. The minimum atomic E-state index is -0.960. The van der Waals surface area contributed by atoms with Gasteiger partial charge >= 0.3 is 12.1 Å². The van der Waals surface area contributed by atoms with Crippen LogP contribution >= 0.6 is 0 Å². The predicted octanol–water partition coefficient (Wildman–Crippen LogP) is 7.48. The van der Waals surface area contributed by atoms with Gasteiger partial charge < -0.3 is 24.2 Å². The van der Waals surface area contributed by atoms with Crippen molar-refractivity contribution in [3.8, 4) is 22.6 Å². The first-order valence-corrected chi connectivity index (χ1v) is 14.4. The number of aliphatic carboxylic acids is 1. The Morgan fingerprint density at radius 1 is 1.00 bits per heavy atom. The largest absolute Gasteiger partial charge is 0.491 e. The second-order valence-corrected chi connectivity index (χ2v) is 11.8. The molecule has 8 heteroatoms. The zero-order valence-electron chi connectivity index (χ0n) is 25.0. The molecule has 4 rings (SSSR count). The maximum Gasteiger partial charge on any atom is 0.410 e. The minimum absolute atomic E-state index is 0.0220. The molecule has 0 saturated carbocycles. The highest BCUT2D eigenvalue weighted by Crippen LogP contribution is 2.32. The van der Waals surface area contributed by atoms with Crippen LogP contribution in [-0.2, 0) is 22.6 Å². The van der Waals surface area contributed by atoms with Crippen molar-refractivity contribution in [1.82, 2.24) is 4.90 Å². The zero-order chi connectivity index (χ0) is 30.4. The van der Waals surface area contributed by atoms with Crippen molar-refractivity contribution in [3.63, 3.8) is 0 Å². The van der Waals surface area contributed by atoms with E-state index in [1.807, 2.05) is 51.1 Å². The fourth-order valence-electron chi connectivity index (χ4n) is 5.27. The molecule has 1 N–H and O–H groups in total. The van der Waals surface area contributed by atoms with Crippen LogP contribution in [0.4, 0.5) is 9.18 Å². The summed E-state index contributed by atoms with van der Waals surface area (Å²) in [6.45, 7) is 11.1. The van der Waals surface area contributed by atoms with Crippen molar-refractivity contribution < 1.29 is 33.3 Å². The molecule has 1 fully saturated rings. The van der Waals surface area contributed by atoms with Crippen LogP contribution in [0.15, 0.2) is 54.6 Å². The number of benzene rings is 3. The number of hydrogen-bond donors (Lipinski definition) is 1. The molecule has 1 heterocycles. The van der Waals surface area contributed by atoms with Gasteiger partial charge in [-0.1, -0.05) is 24.3 Å². The molecule has 1 aliphatic heterocycles. The van der Waals surface area contributed by atoms with Crippen molar-refractivity contribution in [2.45, 2.75) is 78.6 Å². The molecule has 224 valence electrons. The number of carboxylic acid groups (broad SMARTS) is 1. The van der Waals surface area contributed by atoms with Crippen LogP contribution in [0.25, 0.3) is 11.1 Å². The van der Waals surface area contributed by atoms with E-state index in [-0.39, 0.29) is 31.6 Å². The van der Waals surface area contributed by atoms with Crippen molar-refractivity contribution in [2.24, 2.45) is 0 Å². The minimum Gasteiger partial charge on any atom is -0.491 e. The highest BCUT2D eigenvalue weighted by Gasteiger charge is 2.32. The van der Waals surface area contributed by atoms with Gasteiger partial charge in [-0.25, -0.2) is 9.18 Å². The lowest BCUT2D eigenvalue weighted by Crippen LogP contribution is -2.42. The fourth-order valence-corrected chi connectivity index (χ4v) is 5.27. The third-order valence-electron chi connectivity index (χ3n) is 7.21. The van der Waals surface area contributed by atoms with Crippen molar-refractivity contribution in [1.29, 1.82) is 0 Å². The maximum absolute atomic E-state index is 14.4. The van der Waals surface area contributed by atoms with Gasteiger partial charge in [0.25, 0.3) is 0 Å². The smallest absolute Gasteiger partial charge is 0.410 e. The normalized spacial score (nSPS) is 15.0. The fraction of sp³-hybridized carbons (Fsp3) is 0.412. The van der Waals surface area contributed by atoms with Gasteiger partial charge in [-0.05, 0) is 112 Å². The van der Waals surface area contributed by atoms with Gasteiger partial charge in [-0.3, -0.25) is 4.79 Å². The molecule has 0 aliphatic carbocycles. The Morgan fingerprint density at radius 3 is 2.40 bits per heavy atom. The van der Waals surface area contributed by atoms with Gasteiger partial charge in [0.15, 0.2) is 0 Å². The Hall–Kier alpha value is -4.07. The molecule has 0 unspecified atom stereocenters. The number of rotatable bonds is 10. The van der Waals surface area contributed by atoms with Gasteiger partial charge in [-0.15, -0.1) is 0 Å². The van der Waals surface area contributed by atoms with E-state index in [1.165, 1.54) is 6.07 Å². The highest BCUT2D eigenvalue weighted by molar-refractivity contribution is 5.72. The standard InChI is InChI=1S/C34H40FNO6/c1-22-16-29(41-21-27-10-7-15-36(27)33(39)42-34(3,4)5)17-23(2)32(22)26-9-6-8-24(18-26)20-40-28-13-11-25(30(35)19-28)12-14-31(37)38/h6,8-9,11,13,16-19,27H,7,10,12,14-15,20-21H2,1-5H3,(H,37,38)/t27-/m0/s1. The molecule has 1 aliphatic rings. The number of halogens is 1. The number of ether oxygens (including phenoxy) is 3. The SMILES string of the molecule is Cc1cc(OC[C@@H]2CCCN2C(=O)OC(C)(C)C)cc(C)c1-c1cccc(COc2ccc(CCC(=O)O)c(F)c2)c1. The van der Waals surface area contributed by atoms with E-state index >= 15 is 0 Å². The number of carbonyl (C=O) groups excluding carboxylic acids is 1.